The summed E-state index contributed by atoms with van der Waals surface area (Å²) >= 11 is 0. The fourth-order valence-corrected chi connectivity index (χ4v) is 5.03. The van der Waals surface area contributed by atoms with Crippen LogP contribution in [-0.4, -0.2) is 54.8 Å². The van der Waals surface area contributed by atoms with Gasteiger partial charge in [0.15, 0.2) is 0 Å². The Labute approximate surface area is 193 Å². The molecule has 0 N–H and O–H groups in total. The highest BCUT2D eigenvalue weighted by Gasteiger charge is 2.14. The number of nitrogens with zero attached hydrogens (tertiary/aromatic N) is 3. The summed E-state index contributed by atoms with van der Waals surface area (Å²) in [7, 11) is 1.77. The van der Waals surface area contributed by atoms with Gasteiger partial charge in [-0.15, -0.1) is 0 Å². The van der Waals surface area contributed by atoms with E-state index in [-0.39, 0.29) is 0 Å². The Bertz CT molecular complexity index is 829. The Hall–Kier alpha value is -1.98. The molecular weight excluding hydrogens is 398 g/mol. The number of hydrogen-bond acceptors (Lipinski definition) is 5. The maximum Gasteiger partial charge on any atom is 0.132 e. The van der Waals surface area contributed by atoms with Crippen LogP contribution < -0.4 is 4.74 Å². The van der Waals surface area contributed by atoms with E-state index in [0.29, 0.717) is 0 Å². The predicted molar refractivity (Wildman–Crippen MR) is 128 cm³/mol. The van der Waals surface area contributed by atoms with E-state index in [9.17, 15) is 0 Å². The Kier molecular flexibility index (Phi) is 8.92. The summed E-state index contributed by atoms with van der Waals surface area (Å²) in [6, 6.07) is 8.64. The van der Waals surface area contributed by atoms with Crippen molar-refractivity contribution in [2.45, 2.75) is 64.2 Å². The van der Waals surface area contributed by atoms with Crippen LogP contribution in [0.15, 0.2) is 30.5 Å². The highest BCUT2D eigenvalue weighted by Crippen LogP contribution is 2.24. The normalized spacial score (nSPS) is 17.7. The molecule has 1 aromatic carbocycles. The van der Waals surface area contributed by atoms with E-state index >= 15 is 0 Å². The predicted octanol–water partition coefficient (Wildman–Crippen LogP) is 4.85. The lowest BCUT2D eigenvalue weighted by molar-refractivity contribution is 0.0639. The third-order valence-electron chi connectivity index (χ3n) is 6.99. The van der Waals surface area contributed by atoms with Crippen LogP contribution >= 0.6 is 0 Å². The summed E-state index contributed by atoms with van der Waals surface area (Å²) < 4.78 is 11.1. The molecule has 1 aromatic heterocycles. The van der Waals surface area contributed by atoms with Crippen LogP contribution in [0.5, 0.6) is 5.75 Å². The third-order valence-corrected chi connectivity index (χ3v) is 6.99. The molecule has 2 aliphatic heterocycles. The largest absolute Gasteiger partial charge is 0.496 e. The van der Waals surface area contributed by atoms with Gasteiger partial charge in [-0.3, -0.25) is 0 Å². The van der Waals surface area contributed by atoms with Crippen molar-refractivity contribution in [2.75, 3.05) is 40.0 Å². The molecule has 0 unspecified atom stereocenters. The van der Waals surface area contributed by atoms with Gasteiger partial charge in [0.1, 0.15) is 11.6 Å². The Morgan fingerprint density at radius 3 is 2.72 bits per heavy atom. The maximum atomic E-state index is 5.64. The first-order valence-electron chi connectivity index (χ1n) is 12.6. The van der Waals surface area contributed by atoms with Gasteiger partial charge in [-0.1, -0.05) is 12.1 Å². The molecule has 2 aliphatic rings. The average molecular weight is 438 g/mol. The van der Waals surface area contributed by atoms with Crippen LogP contribution in [0.2, 0.25) is 0 Å². The number of benzene rings is 1. The number of methoxy groups -OCH3 is 1. The monoisotopic (exact) mass is 437 g/mol. The smallest absolute Gasteiger partial charge is 0.132 e. The number of hydrogen-bond donors (Lipinski definition) is 0. The van der Waals surface area contributed by atoms with Gasteiger partial charge in [0, 0.05) is 31.5 Å². The fourth-order valence-electron chi connectivity index (χ4n) is 5.03. The minimum Gasteiger partial charge on any atom is -0.496 e. The highest BCUT2D eigenvalue weighted by atomic mass is 16.5. The molecule has 3 heterocycles. The zero-order valence-electron chi connectivity index (χ0n) is 19.7. The van der Waals surface area contributed by atoms with Crippen molar-refractivity contribution in [1.29, 1.82) is 0 Å². The molecule has 0 spiro atoms. The van der Waals surface area contributed by atoms with Crippen LogP contribution in [-0.2, 0) is 24.0 Å². The quantitative estimate of drug-likeness (QED) is 0.470. The maximum absolute atomic E-state index is 5.64. The molecular formula is C27H39N3O2. The number of aromatic nitrogens is 2. The molecule has 32 heavy (non-hydrogen) atoms. The molecule has 5 nitrogen and oxygen atoms in total. The number of ether oxygens (including phenoxy) is 2. The zero-order chi connectivity index (χ0) is 22.0. The van der Waals surface area contributed by atoms with Crippen molar-refractivity contribution in [3.05, 3.63) is 53.1 Å². The first-order valence-corrected chi connectivity index (χ1v) is 12.6. The van der Waals surface area contributed by atoms with E-state index in [4.69, 9.17) is 14.5 Å². The number of likely N-dealkylation sites (tertiary alicyclic amines) is 1. The summed E-state index contributed by atoms with van der Waals surface area (Å²) in [6.07, 6.45) is 13.6. The van der Waals surface area contributed by atoms with Crippen LogP contribution in [0.1, 0.15) is 67.6 Å². The molecule has 2 saturated heterocycles. The third kappa shape index (κ3) is 7.01. The average Bonchev–Trinajstić information content (AvgIpc) is 3.35. The van der Waals surface area contributed by atoms with Crippen molar-refractivity contribution in [3.8, 4) is 5.75 Å². The molecule has 2 fully saturated rings. The second-order valence-electron chi connectivity index (χ2n) is 9.39. The lowest BCUT2D eigenvalue weighted by Gasteiger charge is -2.21. The van der Waals surface area contributed by atoms with Crippen molar-refractivity contribution in [1.82, 2.24) is 14.9 Å². The van der Waals surface area contributed by atoms with Gasteiger partial charge in [-0.25, -0.2) is 9.97 Å². The van der Waals surface area contributed by atoms with Gasteiger partial charge in [0.25, 0.3) is 0 Å². The second-order valence-corrected chi connectivity index (χ2v) is 9.39. The van der Waals surface area contributed by atoms with Crippen LogP contribution in [0, 0.1) is 5.92 Å². The molecule has 174 valence electrons. The van der Waals surface area contributed by atoms with E-state index in [1.165, 1.54) is 75.7 Å². The second kappa shape index (κ2) is 12.3. The zero-order valence-corrected chi connectivity index (χ0v) is 19.7. The van der Waals surface area contributed by atoms with Crippen LogP contribution in [0.25, 0.3) is 0 Å². The van der Waals surface area contributed by atoms with Gasteiger partial charge in [0.05, 0.1) is 7.11 Å². The first-order chi connectivity index (χ1) is 15.8. The van der Waals surface area contributed by atoms with E-state index in [1.54, 1.807) is 7.11 Å². The molecule has 0 radical (unpaired) electrons. The van der Waals surface area contributed by atoms with Gasteiger partial charge in [0.2, 0.25) is 0 Å². The molecule has 0 aliphatic carbocycles. The topological polar surface area (TPSA) is 47.5 Å². The number of aryl methyl sites for hydroxylation is 2. The van der Waals surface area contributed by atoms with E-state index in [2.05, 4.69) is 34.1 Å². The van der Waals surface area contributed by atoms with Gasteiger partial charge in [-0.2, -0.15) is 0 Å². The Morgan fingerprint density at radius 1 is 1.06 bits per heavy atom. The van der Waals surface area contributed by atoms with Crippen molar-refractivity contribution < 1.29 is 9.47 Å². The van der Waals surface area contributed by atoms with Crippen LogP contribution in [0.3, 0.4) is 0 Å². The fraction of sp³-hybridized carbons (Fsp3) is 0.630. The van der Waals surface area contributed by atoms with Gasteiger partial charge in [-0.05, 0) is 107 Å². The van der Waals surface area contributed by atoms with Crippen molar-refractivity contribution in [2.24, 2.45) is 5.92 Å². The lowest BCUT2D eigenvalue weighted by Crippen LogP contribution is -2.20. The minimum atomic E-state index is 0.774. The SMILES string of the molecule is COc1ccc(Cc2nccc(CCC3CCOCC3)n2)cc1CCCCN1CCCC1. The van der Waals surface area contributed by atoms with Crippen molar-refractivity contribution >= 4 is 0 Å². The standard InChI is InChI=1S/C27H39N3O2/c1-31-26-10-8-23(20-24(26)6-2-3-15-30-16-4-5-17-30)21-27-28-14-11-25(29-27)9-7-22-12-18-32-19-13-22/h8,10-11,14,20,22H,2-7,9,12-13,15-19,21H2,1H3. The molecule has 5 heteroatoms. The van der Waals surface area contributed by atoms with Crippen molar-refractivity contribution in [3.63, 3.8) is 0 Å². The molecule has 0 bridgehead atoms. The summed E-state index contributed by atoms with van der Waals surface area (Å²) in [5.41, 5.74) is 3.74. The number of unbranched alkanes of at least 4 members (excludes halogenated alkanes) is 1. The molecule has 0 atom stereocenters. The first kappa shape index (κ1) is 23.2. The Morgan fingerprint density at radius 2 is 1.91 bits per heavy atom. The van der Waals surface area contributed by atoms with Gasteiger partial charge >= 0.3 is 0 Å². The summed E-state index contributed by atoms with van der Waals surface area (Å²) in [5.74, 6) is 2.69. The minimum absolute atomic E-state index is 0.774. The summed E-state index contributed by atoms with van der Waals surface area (Å²) in [4.78, 5) is 12.0. The Balaban J connectivity index is 1.31. The highest BCUT2D eigenvalue weighted by molar-refractivity contribution is 5.38. The van der Waals surface area contributed by atoms with Gasteiger partial charge < -0.3 is 14.4 Å². The lowest BCUT2D eigenvalue weighted by atomic mass is 9.94. The van der Waals surface area contributed by atoms with Crippen LogP contribution in [0.4, 0.5) is 0 Å². The molecule has 0 saturated carbocycles. The van der Waals surface area contributed by atoms with E-state index < -0.39 is 0 Å². The van der Waals surface area contributed by atoms with E-state index in [0.717, 1.165) is 55.7 Å². The molecule has 4 rings (SSSR count). The molecule has 0 amide bonds. The summed E-state index contributed by atoms with van der Waals surface area (Å²) in [5, 5.41) is 0. The molecule has 2 aromatic rings. The van der Waals surface area contributed by atoms with E-state index in [1.807, 2.05) is 6.20 Å². The summed E-state index contributed by atoms with van der Waals surface area (Å²) in [6.45, 7) is 5.63. The number of rotatable bonds is 11.